The Morgan fingerprint density at radius 2 is 1.86 bits per heavy atom. The molecule has 3 aromatic rings. The molecular weight excluding hydrogens is 376 g/mol. The highest BCUT2D eigenvalue weighted by atomic mass is 19.4. The van der Waals surface area contributed by atoms with Crippen LogP contribution in [-0.2, 0) is 6.18 Å². The minimum atomic E-state index is -4.64. The van der Waals surface area contributed by atoms with E-state index in [0.29, 0.717) is 17.5 Å². The number of benzene rings is 1. The SMILES string of the molecule is Fc1cccc2c1OCC[C@@H]2Nc1cc(C(F)(F)F)nc(-c2ccncc2)n1. The second-order valence-electron chi connectivity index (χ2n) is 6.19. The van der Waals surface area contributed by atoms with Crippen LogP contribution in [0, 0.1) is 5.82 Å². The highest BCUT2D eigenvalue weighted by Gasteiger charge is 2.34. The number of hydrogen-bond donors (Lipinski definition) is 1. The first-order chi connectivity index (χ1) is 13.4. The van der Waals surface area contributed by atoms with Crippen LogP contribution >= 0.6 is 0 Å². The summed E-state index contributed by atoms with van der Waals surface area (Å²) in [6, 6.07) is 7.93. The molecule has 0 saturated heterocycles. The maximum Gasteiger partial charge on any atom is 0.433 e. The maximum atomic E-state index is 14.0. The molecule has 1 aliphatic rings. The lowest BCUT2D eigenvalue weighted by molar-refractivity contribution is -0.141. The standard InChI is InChI=1S/C19H14F4N4O/c20-13-3-1-2-12-14(6-9-28-17(12)13)25-16-10-15(19(21,22)23)26-18(27-16)11-4-7-24-8-5-11/h1-5,7-8,10,14H,6,9H2,(H,25,26,27)/t14-/m0/s1. The van der Waals surface area contributed by atoms with Crippen LogP contribution in [0.3, 0.4) is 0 Å². The third-order valence-electron chi connectivity index (χ3n) is 4.30. The second kappa shape index (κ2) is 7.06. The zero-order valence-electron chi connectivity index (χ0n) is 14.4. The molecule has 0 saturated carbocycles. The van der Waals surface area contributed by atoms with E-state index < -0.39 is 23.7 Å². The molecule has 0 amide bonds. The van der Waals surface area contributed by atoms with E-state index in [-0.39, 0.29) is 24.0 Å². The molecule has 1 aromatic carbocycles. The van der Waals surface area contributed by atoms with Crippen LogP contribution in [0.5, 0.6) is 5.75 Å². The predicted molar refractivity (Wildman–Crippen MR) is 93.1 cm³/mol. The lowest BCUT2D eigenvalue weighted by Crippen LogP contribution is -2.22. The predicted octanol–water partition coefficient (Wildman–Crippen LogP) is 4.63. The number of nitrogens with one attached hydrogen (secondary N) is 1. The summed E-state index contributed by atoms with van der Waals surface area (Å²) in [6.45, 7) is 0.236. The lowest BCUT2D eigenvalue weighted by Gasteiger charge is -2.27. The highest BCUT2D eigenvalue weighted by Crippen LogP contribution is 2.37. The zero-order chi connectivity index (χ0) is 19.7. The van der Waals surface area contributed by atoms with Gasteiger partial charge in [0.15, 0.2) is 23.1 Å². The van der Waals surface area contributed by atoms with E-state index in [1.54, 1.807) is 6.07 Å². The van der Waals surface area contributed by atoms with Gasteiger partial charge < -0.3 is 10.1 Å². The van der Waals surface area contributed by atoms with Gasteiger partial charge in [-0.25, -0.2) is 14.4 Å². The molecule has 3 heterocycles. The topological polar surface area (TPSA) is 59.9 Å². The summed E-state index contributed by atoms with van der Waals surface area (Å²) in [5.74, 6) is -0.492. The lowest BCUT2D eigenvalue weighted by atomic mass is 10.0. The Morgan fingerprint density at radius 1 is 1.07 bits per heavy atom. The number of rotatable bonds is 3. The highest BCUT2D eigenvalue weighted by molar-refractivity contribution is 5.57. The quantitative estimate of drug-likeness (QED) is 0.661. The van der Waals surface area contributed by atoms with Gasteiger partial charge in [-0.05, 0) is 18.2 Å². The summed E-state index contributed by atoms with van der Waals surface area (Å²) >= 11 is 0. The van der Waals surface area contributed by atoms with Crippen LogP contribution in [0.2, 0.25) is 0 Å². The molecule has 144 valence electrons. The van der Waals surface area contributed by atoms with Gasteiger partial charge in [0.05, 0.1) is 12.6 Å². The summed E-state index contributed by atoms with van der Waals surface area (Å²) in [7, 11) is 0. The first-order valence-corrected chi connectivity index (χ1v) is 8.46. The average Bonchev–Trinajstić information content (AvgIpc) is 2.69. The molecule has 0 fully saturated rings. The monoisotopic (exact) mass is 390 g/mol. The largest absolute Gasteiger partial charge is 0.490 e. The van der Waals surface area contributed by atoms with E-state index in [4.69, 9.17) is 4.74 Å². The molecule has 0 aliphatic carbocycles. The Bertz CT molecular complexity index is 995. The van der Waals surface area contributed by atoms with E-state index in [0.717, 1.165) is 6.07 Å². The summed E-state index contributed by atoms with van der Waals surface area (Å²) in [5.41, 5.74) is -0.130. The first-order valence-electron chi connectivity index (χ1n) is 8.46. The maximum absolute atomic E-state index is 14.0. The second-order valence-corrected chi connectivity index (χ2v) is 6.19. The van der Waals surface area contributed by atoms with Crippen molar-refractivity contribution in [1.29, 1.82) is 0 Å². The molecule has 9 heteroatoms. The van der Waals surface area contributed by atoms with Crippen molar-refractivity contribution in [2.75, 3.05) is 11.9 Å². The molecule has 5 nitrogen and oxygen atoms in total. The number of alkyl halides is 3. The fourth-order valence-corrected chi connectivity index (χ4v) is 3.01. The Kier molecular flexibility index (Phi) is 4.58. The molecule has 1 atom stereocenters. The van der Waals surface area contributed by atoms with E-state index >= 15 is 0 Å². The van der Waals surface area contributed by atoms with Gasteiger partial charge in [0.25, 0.3) is 0 Å². The third-order valence-corrected chi connectivity index (χ3v) is 4.30. The summed E-state index contributed by atoms with van der Waals surface area (Å²) in [5, 5.41) is 2.97. The normalized spacial score (nSPS) is 16.2. The number of pyridine rings is 1. The van der Waals surface area contributed by atoms with Gasteiger partial charge in [0.1, 0.15) is 5.82 Å². The molecule has 0 radical (unpaired) electrons. The Balaban J connectivity index is 1.74. The Labute approximate surface area is 157 Å². The molecule has 28 heavy (non-hydrogen) atoms. The van der Waals surface area contributed by atoms with Crippen molar-refractivity contribution in [2.45, 2.75) is 18.6 Å². The van der Waals surface area contributed by atoms with Gasteiger partial charge in [0, 0.05) is 36.0 Å². The minimum Gasteiger partial charge on any atom is -0.490 e. The number of anilines is 1. The fourth-order valence-electron chi connectivity index (χ4n) is 3.01. The van der Waals surface area contributed by atoms with E-state index in [9.17, 15) is 17.6 Å². The zero-order valence-corrected chi connectivity index (χ0v) is 14.4. The molecule has 1 aliphatic heterocycles. The number of ether oxygens (including phenoxy) is 1. The van der Waals surface area contributed by atoms with Gasteiger partial charge in [0.2, 0.25) is 0 Å². The Morgan fingerprint density at radius 3 is 2.61 bits per heavy atom. The minimum absolute atomic E-state index is 0.00347. The third kappa shape index (κ3) is 3.60. The first kappa shape index (κ1) is 18.1. The van der Waals surface area contributed by atoms with Crippen LogP contribution in [0.1, 0.15) is 23.7 Å². The number of fused-ring (bicyclic) bond motifs is 1. The summed E-state index contributed by atoms with van der Waals surface area (Å²) in [6.07, 6.45) is -1.29. The molecule has 0 unspecified atom stereocenters. The van der Waals surface area contributed by atoms with Crippen LogP contribution in [0.15, 0.2) is 48.8 Å². The molecule has 0 spiro atoms. The molecular formula is C19H14F4N4O. The average molecular weight is 390 g/mol. The summed E-state index contributed by atoms with van der Waals surface area (Å²) in [4.78, 5) is 11.7. The van der Waals surface area contributed by atoms with Gasteiger partial charge >= 0.3 is 6.18 Å². The van der Waals surface area contributed by atoms with E-state index in [2.05, 4.69) is 20.3 Å². The van der Waals surface area contributed by atoms with Crippen molar-refractivity contribution >= 4 is 5.82 Å². The van der Waals surface area contributed by atoms with E-state index in [1.165, 1.54) is 36.7 Å². The van der Waals surface area contributed by atoms with Gasteiger partial charge in [-0.15, -0.1) is 0 Å². The molecule has 2 aromatic heterocycles. The van der Waals surface area contributed by atoms with Crippen molar-refractivity contribution in [1.82, 2.24) is 15.0 Å². The number of para-hydroxylation sites is 1. The van der Waals surface area contributed by atoms with Crippen LogP contribution in [0.25, 0.3) is 11.4 Å². The number of aromatic nitrogens is 3. The van der Waals surface area contributed by atoms with Gasteiger partial charge in [-0.1, -0.05) is 12.1 Å². The van der Waals surface area contributed by atoms with Crippen LogP contribution in [0.4, 0.5) is 23.4 Å². The van der Waals surface area contributed by atoms with Crippen LogP contribution in [-0.4, -0.2) is 21.6 Å². The smallest absolute Gasteiger partial charge is 0.433 e. The van der Waals surface area contributed by atoms with Gasteiger partial charge in [-0.2, -0.15) is 13.2 Å². The van der Waals surface area contributed by atoms with Crippen molar-refractivity contribution in [3.8, 4) is 17.1 Å². The number of halogens is 4. The molecule has 0 bridgehead atoms. The van der Waals surface area contributed by atoms with Crippen molar-refractivity contribution in [3.63, 3.8) is 0 Å². The van der Waals surface area contributed by atoms with Crippen molar-refractivity contribution in [2.24, 2.45) is 0 Å². The Hall–Kier alpha value is -3.23. The molecule has 1 N–H and O–H groups in total. The van der Waals surface area contributed by atoms with Gasteiger partial charge in [-0.3, -0.25) is 4.98 Å². The van der Waals surface area contributed by atoms with Crippen LogP contribution < -0.4 is 10.1 Å². The summed E-state index contributed by atoms with van der Waals surface area (Å²) < 4.78 is 59.3. The van der Waals surface area contributed by atoms with E-state index in [1.807, 2.05) is 0 Å². The van der Waals surface area contributed by atoms with Crippen molar-refractivity contribution < 1.29 is 22.3 Å². The molecule has 4 rings (SSSR count). The van der Waals surface area contributed by atoms with Crippen molar-refractivity contribution in [3.05, 3.63) is 65.9 Å². The number of nitrogens with zero attached hydrogens (tertiary/aromatic N) is 3. The number of hydrogen-bond acceptors (Lipinski definition) is 5. The fraction of sp³-hybridized carbons (Fsp3) is 0.211.